The van der Waals surface area contributed by atoms with E-state index in [1.54, 1.807) is 0 Å². The third kappa shape index (κ3) is 3.54. The maximum atomic E-state index is 10.1. The zero-order chi connectivity index (χ0) is 13.0. The first kappa shape index (κ1) is 13.5. The summed E-state index contributed by atoms with van der Waals surface area (Å²) in [6.45, 7) is 0. The number of halogens is 1. The monoisotopic (exact) mass is 354 g/mol. The molecule has 94 valence electrons. The van der Waals surface area contributed by atoms with Gasteiger partial charge in [-0.2, -0.15) is 0 Å². The Morgan fingerprint density at radius 1 is 0.889 bits per heavy atom. The van der Waals surface area contributed by atoms with Crippen LogP contribution in [0.3, 0.4) is 0 Å². The fourth-order valence-electron chi connectivity index (χ4n) is 1.85. The summed E-state index contributed by atoms with van der Waals surface area (Å²) in [4.78, 5) is 0. The lowest BCUT2D eigenvalue weighted by Gasteiger charge is -2.18. The molecule has 0 radical (unpaired) electrons. The van der Waals surface area contributed by atoms with Crippen LogP contribution in [0.25, 0.3) is 0 Å². The number of benzene rings is 2. The molecule has 2 nitrogen and oxygen atoms in total. The number of aliphatic hydroxyl groups is 2. The Bertz CT molecular complexity index is 482. The molecule has 2 atom stereocenters. The van der Waals surface area contributed by atoms with Crippen LogP contribution in [-0.4, -0.2) is 16.3 Å². The summed E-state index contributed by atoms with van der Waals surface area (Å²) >= 11 is 2.24. The van der Waals surface area contributed by atoms with E-state index in [1.807, 2.05) is 54.6 Å². The van der Waals surface area contributed by atoms with Crippen molar-refractivity contribution in [1.29, 1.82) is 0 Å². The van der Waals surface area contributed by atoms with Gasteiger partial charge < -0.3 is 10.2 Å². The van der Waals surface area contributed by atoms with Gasteiger partial charge in [-0.25, -0.2) is 0 Å². The molecule has 0 amide bonds. The second-order valence-corrected chi connectivity index (χ2v) is 5.50. The Morgan fingerprint density at radius 3 is 2.11 bits per heavy atom. The molecule has 0 saturated heterocycles. The summed E-state index contributed by atoms with van der Waals surface area (Å²) in [6, 6.07) is 17.2. The predicted molar refractivity (Wildman–Crippen MR) is 80.3 cm³/mol. The van der Waals surface area contributed by atoms with Crippen molar-refractivity contribution in [3.8, 4) is 0 Å². The zero-order valence-electron chi connectivity index (χ0n) is 9.83. The van der Waals surface area contributed by atoms with E-state index >= 15 is 0 Å². The van der Waals surface area contributed by atoms with Gasteiger partial charge in [0.1, 0.15) is 6.10 Å². The molecule has 2 aromatic carbocycles. The molecule has 2 unspecified atom stereocenters. The molecule has 0 spiro atoms. The largest absolute Gasteiger partial charge is 0.390 e. The Balaban J connectivity index is 2.03. The molecule has 0 heterocycles. The maximum absolute atomic E-state index is 10.1. The van der Waals surface area contributed by atoms with E-state index < -0.39 is 12.2 Å². The summed E-state index contributed by atoms with van der Waals surface area (Å²) in [5.41, 5.74) is 1.77. The van der Waals surface area contributed by atoms with Crippen LogP contribution < -0.4 is 0 Å². The van der Waals surface area contributed by atoms with Crippen molar-refractivity contribution in [2.24, 2.45) is 0 Å². The molecule has 3 heteroatoms. The summed E-state index contributed by atoms with van der Waals surface area (Å²) < 4.78 is 1.16. The third-order valence-electron chi connectivity index (χ3n) is 2.86. The molecule has 0 aliphatic carbocycles. The van der Waals surface area contributed by atoms with E-state index in [4.69, 9.17) is 0 Å². The Kier molecular flexibility index (Phi) is 4.74. The molecule has 0 saturated carbocycles. The Morgan fingerprint density at radius 2 is 1.50 bits per heavy atom. The average Bonchev–Trinajstić information content (AvgIpc) is 2.41. The minimum atomic E-state index is -0.842. The molecule has 2 rings (SSSR count). The second kappa shape index (κ2) is 6.31. The average molecular weight is 354 g/mol. The molecular weight excluding hydrogens is 339 g/mol. The van der Waals surface area contributed by atoms with E-state index in [1.165, 1.54) is 0 Å². The van der Waals surface area contributed by atoms with Crippen LogP contribution in [0.2, 0.25) is 0 Å². The van der Waals surface area contributed by atoms with Gasteiger partial charge in [0.15, 0.2) is 0 Å². The number of aliphatic hydroxyl groups excluding tert-OH is 2. The van der Waals surface area contributed by atoms with Gasteiger partial charge in [-0.05, 0) is 45.9 Å². The van der Waals surface area contributed by atoms with E-state index in [2.05, 4.69) is 22.6 Å². The van der Waals surface area contributed by atoms with Crippen LogP contribution in [0.5, 0.6) is 0 Å². The van der Waals surface area contributed by atoms with E-state index in [-0.39, 0.29) is 0 Å². The van der Waals surface area contributed by atoms with E-state index in [0.717, 1.165) is 14.7 Å². The fourth-order valence-corrected chi connectivity index (χ4v) is 2.21. The lowest BCUT2D eigenvalue weighted by molar-refractivity contribution is 0.0190. The molecule has 0 aromatic heterocycles. The van der Waals surface area contributed by atoms with E-state index in [0.29, 0.717) is 6.42 Å². The molecule has 0 aliphatic heterocycles. The van der Waals surface area contributed by atoms with Gasteiger partial charge in [-0.1, -0.05) is 42.5 Å². The topological polar surface area (TPSA) is 40.5 Å². The van der Waals surface area contributed by atoms with Crippen LogP contribution in [0.15, 0.2) is 54.6 Å². The SMILES string of the molecule is OC(Cc1ccc(I)cc1)C(O)c1ccccc1. The van der Waals surface area contributed by atoms with Crippen LogP contribution in [0, 0.1) is 3.57 Å². The molecule has 0 fully saturated rings. The van der Waals surface area contributed by atoms with Crippen LogP contribution in [-0.2, 0) is 6.42 Å². The highest BCUT2D eigenvalue weighted by atomic mass is 127. The minimum absolute atomic E-state index is 0.451. The molecule has 18 heavy (non-hydrogen) atoms. The van der Waals surface area contributed by atoms with Gasteiger partial charge in [0.25, 0.3) is 0 Å². The number of hydrogen-bond donors (Lipinski definition) is 2. The lowest BCUT2D eigenvalue weighted by atomic mass is 9.99. The van der Waals surface area contributed by atoms with Crippen molar-refractivity contribution in [3.05, 3.63) is 69.3 Å². The fraction of sp³-hybridized carbons (Fsp3) is 0.200. The van der Waals surface area contributed by atoms with Crippen LogP contribution in [0.4, 0.5) is 0 Å². The van der Waals surface area contributed by atoms with E-state index in [9.17, 15) is 10.2 Å². The Hall–Kier alpha value is -0.910. The van der Waals surface area contributed by atoms with Gasteiger partial charge in [0.05, 0.1) is 6.10 Å². The zero-order valence-corrected chi connectivity index (χ0v) is 12.0. The second-order valence-electron chi connectivity index (χ2n) is 4.25. The highest BCUT2D eigenvalue weighted by molar-refractivity contribution is 14.1. The highest BCUT2D eigenvalue weighted by Gasteiger charge is 2.18. The molecule has 0 aliphatic rings. The van der Waals surface area contributed by atoms with Gasteiger partial charge in [0, 0.05) is 9.99 Å². The molecule has 2 N–H and O–H groups in total. The standard InChI is InChI=1S/C15H15IO2/c16-13-8-6-11(7-9-13)10-14(17)15(18)12-4-2-1-3-5-12/h1-9,14-15,17-18H,10H2. The summed E-state index contributed by atoms with van der Waals surface area (Å²) in [6.07, 6.45) is -1.18. The molecule has 0 bridgehead atoms. The first-order valence-corrected chi connectivity index (χ1v) is 6.90. The van der Waals surface area contributed by atoms with Gasteiger partial charge in [-0.15, -0.1) is 0 Å². The number of hydrogen-bond acceptors (Lipinski definition) is 2. The normalized spacial score (nSPS) is 14.2. The van der Waals surface area contributed by atoms with Crippen molar-refractivity contribution in [2.75, 3.05) is 0 Å². The van der Waals surface area contributed by atoms with Crippen molar-refractivity contribution in [2.45, 2.75) is 18.6 Å². The van der Waals surface area contributed by atoms with Crippen molar-refractivity contribution >= 4 is 22.6 Å². The smallest absolute Gasteiger partial charge is 0.105 e. The van der Waals surface area contributed by atoms with Gasteiger partial charge in [-0.3, -0.25) is 0 Å². The lowest BCUT2D eigenvalue weighted by Crippen LogP contribution is -2.20. The number of rotatable bonds is 4. The van der Waals surface area contributed by atoms with Crippen LogP contribution >= 0.6 is 22.6 Å². The van der Waals surface area contributed by atoms with Crippen molar-refractivity contribution in [1.82, 2.24) is 0 Å². The third-order valence-corrected chi connectivity index (χ3v) is 3.58. The van der Waals surface area contributed by atoms with Crippen LogP contribution in [0.1, 0.15) is 17.2 Å². The Labute approximate surface area is 120 Å². The predicted octanol–water partition coefficient (Wildman–Crippen LogP) is 2.93. The van der Waals surface area contributed by atoms with Crippen molar-refractivity contribution < 1.29 is 10.2 Å². The molecular formula is C15H15IO2. The summed E-state index contributed by atoms with van der Waals surface area (Å²) in [7, 11) is 0. The maximum Gasteiger partial charge on any atom is 0.105 e. The van der Waals surface area contributed by atoms with Gasteiger partial charge >= 0.3 is 0 Å². The molecule has 2 aromatic rings. The first-order chi connectivity index (χ1) is 8.66. The quantitative estimate of drug-likeness (QED) is 0.829. The first-order valence-electron chi connectivity index (χ1n) is 5.82. The summed E-state index contributed by atoms with van der Waals surface area (Å²) in [5.74, 6) is 0. The van der Waals surface area contributed by atoms with Gasteiger partial charge in [0.2, 0.25) is 0 Å². The van der Waals surface area contributed by atoms with Crippen molar-refractivity contribution in [3.63, 3.8) is 0 Å². The summed E-state index contributed by atoms with van der Waals surface area (Å²) in [5, 5.41) is 20.1. The minimum Gasteiger partial charge on any atom is -0.390 e. The highest BCUT2D eigenvalue weighted by Crippen LogP contribution is 2.19.